The molecule has 0 aliphatic carbocycles. The Hall–Kier alpha value is -1.75. The van der Waals surface area contributed by atoms with Gasteiger partial charge in [-0.1, -0.05) is 49.4 Å². The van der Waals surface area contributed by atoms with Gasteiger partial charge in [0, 0.05) is 12.8 Å². The molecule has 0 fully saturated rings. The van der Waals surface area contributed by atoms with Gasteiger partial charge in [0.25, 0.3) is 0 Å². The normalized spacial score (nSPS) is 10.6. The number of amides is 1. The Morgan fingerprint density at radius 3 is 2.48 bits per heavy atom. The zero-order valence-corrected chi connectivity index (χ0v) is 13.4. The van der Waals surface area contributed by atoms with Crippen molar-refractivity contribution in [1.82, 2.24) is 10.2 Å². The van der Waals surface area contributed by atoms with Crippen LogP contribution in [0.1, 0.15) is 42.8 Å². The largest absolute Gasteiger partial charge is 0.301 e. The smallest absolute Gasteiger partial charge is 0.226 e. The summed E-state index contributed by atoms with van der Waals surface area (Å²) in [5.74, 6) is -0.00577. The van der Waals surface area contributed by atoms with Crippen molar-refractivity contribution in [3.05, 3.63) is 40.4 Å². The Morgan fingerprint density at radius 2 is 1.81 bits per heavy atom. The van der Waals surface area contributed by atoms with Crippen LogP contribution in [-0.4, -0.2) is 16.1 Å². The zero-order valence-electron chi connectivity index (χ0n) is 12.6. The maximum atomic E-state index is 11.9. The highest BCUT2D eigenvalue weighted by Gasteiger charge is 2.08. The number of anilines is 1. The van der Waals surface area contributed by atoms with E-state index >= 15 is 0 Å². The van der Waals surface area contributed by atoms with Crippen molar-refractivity contribution in [2.75, 3.05) is 5.32 Å². The van der Waals surface area contributed by atoms with Crippen molar-refractivity contribution in [3.8, 4) is 0 Å². The first-order valence-corrected chi connectivity index (χ1v) is 8.23. The number of hydrogen-bond acceptors (Lipinski definition) is 4. The van der Waals surface area contributed by atoms with Gasteiger partial charge in [-0.3, -0.25) is 4.79 Å². The summed E-state index contributed by atoms with van der Waals surface area (Å²) in [4.78, 5) is 11.9. The van der Waals surface area contributed by atoms with Crippen molar-refractivity contribution in [3.63, 3.8) is 0 Å². The van der Waals surface area contributed by atoms with Crippen LogP contribution in [0, 0.1) is 0 Å². The van der Waals surface area contributed by atoms with Crippen LogP contribution in [0.25, 0.3) is 0 Å². The second-order valence-electron chi connectivity index (χ2n) is 4.97. The van der Waals surface area contributed by atoms with Crippen molar-refractivity contribution < 1.29 is 4.79 Å². The Morgan fingerprint density at radius 1 is 1.10 bits per heavy atom. The molecule has 1 aromatic carbocycles. The van der Waals surface area contributed by atoms with Crippen molar-refractivity contribution in [2.45, 2.75) is 46.0 Å². The standard InChI is InChI=1S/C16H21N3OS/c1-3-5-15-18-19-16(21-15)17-14(20)11-10-13-8-6-12(4-2)7-9-13/h6-9H,3-5,10-11H2,1-2H3,(H,17,19,20). The van der Waals surface area contributed by atoms with E-state index in [1.165, 1.54) is 22.5 Å². The SMILES string of the molecule is CCCc1nnc(NC(=O)CCc2ccc(CC)cc2)s1. The summed E-state index contributed by atoms with van der Waals surface area (Å²) in [6.07, 6.45) is 4.20. The summed E-state index contributed by atoms with van der Waals surface area (Å²) >= 11 is 1.46. The molecule has 21 heavy (non-hydrogen) atoms. The van der Waals surface area contributed by atoms with E-state index in [4.69, 9.17) is 0 Å². The van der Waals surface area contributed by atoms with Crippen LogP contribution in [0.5, 0.6) is 0 Å². The van der Waals surface area contributed by atoms with E-state index in [9.17, 15) is 4.79 Å². The minimum Gasteiger partial charge on any atom is -0.301 e. The summed E-state index contributed by atoms with van der Waals surface area (Å²) in [5.41, 5.74) is 2.51. The van der Waals surface area contributed by atoms with Gasteiger partial charge in [-0.25, -0.2) is 0 Å². The van der Waals surface area contributed by atoms with Gasteiger partial charge < -0.3 is 5.32 Å². The highest BCUT2D eigenvalue weighted by atomic mass is 32.1. The van der Waals surface area contributed by atoms with Crippen LogP contribution in [0.2, 0.25) is 0 Å². The molecule has 0 radical (unpaired) electrons. The maximum Gasteiger partial charge on any atom is 0.226 e. The molecule has 1 heterocycles. The predicted molar refractivity (Wildman–Crippen MR) is 86.7 cm³/mol. The first kappa shape index (κ1) is 15.6. The average Bonchev–Trinajstić information content (AvgIpc) is 2.93. The van der Waals surface area contributed by atoms with Crippen LogP contribution < -0.4 is 5.32 Å². The predicted octanol–water partition coefficient (Wildman–Crippen LogP) is 3.62. The first-order chi connectivity index (χ1) is 10.2. The molecule has 0 spiro atoms. The van der Waals surface area contributed by atoms with Crippen LogP contribution in [0.3, 0.4) is 0 Å². The molecule has 0 aliphatic heterocycles. The lowest BCUT2D eigenvalue weighted by Crippen LogP contribution is -2.12. The number of rotatable bonds is 7. The maximum absolute atomic E-state index is 11.9. The van der Waals surface area contributed by atoms with Gasteiger partial charge >= 0.3 is 0 Å². The molecule has 2 aromatic rings. The number of carbonyl (C=O) groups is 1. The van der Waals surface area contributed by atoms with Crippen LogP contribution in [-0.2, 0) is 24.1 Å². The molecule has 1 amide bonds. The number of benzene rings is 1. The Balaban J connectivity index is 1.80. The van der Waals surface area contributed by atoms with E-state index in [-0.39, 0.29) is 5.91 Å². The van der Waals surface area contributed by atoms with Gasteiger partial charge in [0.1, 0.15) is 5.01 Å². The van der Waals surface area contributed by atoms with E-state index in [1.54, 1.807) is 0 Å². The van der Waals surface area contributed by atoms with Crippen molar-refractivity contribution in [2.24, 2.45) is 0 Å². The number of hydrogen-bond donors (Lipinski definition) is 1. The Labute approximate surface area is 129 Å². The molecule has 2 rings (SSSR count). The van der Waals surface area contributed by atoms with Gasteiger partial charge in [-0.2, -0.15) is 0 Å². The van der Waals surface area contributed by atoms with E-state index in [1.807, 2.05) is 0 Å². The quantitative estimate of drug-likeness (QED) is 0.850. The molecule has 0 saturated heterocycles. The molecule has 0 saturated carbocycles. The molecule has 4 nitrogen and oxygen atoms in total. The number of aromatic nitrogens is 2. The summed E-state index contributed by atoms with van der Waals surface area (Å²) in [6, 6.07) is 8.43. The number of nitrogens with zero attached hydrogens (tertiary/aromatic N) is 2. The molecule has 1 N–H and O–H groups in total. The first-order valence-electron chi connectivity index (χ1n) is 7.41. The molecule has 112 valence electrons. The highest BCUT2D eigenvalue weighted by Crippen LogP contribution is 2.17. The van der Waals surface area contributed by atoms with Gasteiger partial charge in [0.05, 0.1) is 0 Å². The van der Waals surface area contributed by atoms with Crippen molar-refractivity contribution in [1.29, 1.82) is 0 Å². The lowest BCUT2D eigenvalue weighted by molar-refractivity contribution is -0.116. The number of aryl methyl sites for hydroxylation is 3. The number of nitrogens with one attached hydrogen (secondary N) is 1. The highest BCUT2D eigenvalue weighted by molar-refractivity contribution is 7.15. The lowest BCUT2D eigenvalue weighted by Gasteiger charge is -2.03. The average molecular weight is 303 g/mol. The van der Waals surface area contributed by atoms with Gasteiger partial charge in [0.2, 0.25) is 11.0 Å². The zero-order chi connectivity index (χ0) is 15.1. The molecule has 5 heteroatoms. The molecule has 0 atom stereocenters. The molecule has 0 bridgehead atoms. The summed E-state index contributed by atoms with van der Waals surface area (Å²) in [7, 11) is 0. The van der Waals surface area contributed by atoms with Crippen LogP contribution >= 0.6 is 11.3 Å². The summed E-state index contributed by atoms with van der Waals surface area (Å²) in [6.45, 7) is 4.24. The molecule has 0 aliphatic rings. The second-order valence-corrected chi connectivity index (χ2v) is 6.03. The minimum atomic E-state index is -0.00577. The molecular formula is C16H21N3OS. The van der Waals surface area contributed by atoms with E-state index < -0.39 is 0 Å². The summed E-state index contributed by atoms with van der Waals surface area (Å²) in [5, 5.41) is 12.4. The van der Waals surface area contributed by atoms with E-state index in [0.717, 1.165) is 30.7 Å². The fourth-order valence-electron chi connectivity index (χ4n) is 2.00. The monoisotopic (exact) mass is 303 g/mol. The number of carbonyl (C=O) groups excluding carboxylic acids is 1. The minimum absolute atomic E-state index is 0.00577. The fourth-order valence-corrected chi connectivity index (χ4v) is 2.86. The van der Waals surface area contributed by atoms with Crippen molar-refractivity contribution >= 4 is 22.4 Å². The second kappa shape index (κ2) is 7.88. The van der Waals surface area contributed by atoms with Crippen LogP contribution in [0.4, 0.5) is 5.13 Å². The third kappa shape index (κ3) is 4.93. The van der Waals surface area contributed by atoms with Gasteiger partial charge in [0.15, 0.2) is 0 Å². The third-order valence-corrected chi connectivity index (χ3v) is 4.15. The molecule has 1 aromatic heterocycles. The lowest BCUT2D eigenvalue weighted by atomic mass is 10.1. The van der Waals surface area contributed by atoms with Crippen LogP contribution in [0.15, 0.2) is 24.3 Å². The van der Waals surface area contributed by atoms with Gasteiger partial charge in [-0.05, 0) is 30.4 Å². The molecular weight excluding hydrogens is 282 g/mol. The Bertz CT molecular complexity index is 577. The summed E-state index contributed by atoms with van der Waals surface area (Å²) < 4.78 is 0. The third-order valence-electron chi connectivity index (χ3n) is 3.25. The van der Waals surface area contributed by atoms with E-state index in [0.29, 0.717) is 11.6 Å². The fraction of sp³-hybridized carbons (Fsp3) is 0.438. The topological polar surface area (TPSA) is 54.9 Å². The van der Waals surface area contributed by atoms with Gasteiger partial charge in [-0.15, -0.1) is 10.2 Å². The molecule has 0 unspecified atom stereocenters. The van der Waals surface area contributed by atoms with E-state index in [2.05, 4.69) is 53.6 Å². The Kier molecular flexibility index (Phi) is 5.87.